The Balaban J connectivity index is 2.56. The van der Waals surface area contributed by atoms with Crippen LogP contribution in [0.2, 0.25) is 0 Å². The van der Waals surface area contributed by atoms with Gasteiger partial charge in [0.15, 0.2) is 0 Å². The Morgan fingerprint density at radius 2 is 1.68 bits per heavy atom. The highest BCUT2D eigenvalue weighted by molar-refractivity contribution is 9.10. The predicted octanol–water partition coefficient (Wildman–Crippen LogP) is 4.39. The van der Waals surface area contributed by atoms with Crippen LogP contribution in [0.15, 0.2) is 34.8 Å². The van der Waals surface area contributed by atoms with E-state index < -0.39 is 6.04 Å². The minimum Gasteiger partial charge on any atom is -0.320 e. The molecule has 1 atom stereocenters. The fourth-order valence-electron chi connectivity index (χ4n) is 2.33. The molecule has 4 heteroatoms. The van der Waals surface area contributed by atoms with Crippen LogP contribution < -0.4 is 5.73 Å². The van der Waals surface area contributed by atoms with Gasteiger partial charge in [-0.1, -0.05) is 12.1 Å². The van der Waals surface area contributed by atoms with Crippen LogP contribution in [0, 0.1) is 25.5 Å². The summed E-state index contributed by atoms with van der Waals surface area (Å²) in [7, 11) is 0. The van der Waals surface area contributed by atoms with Gasteiger partial charge in [0.25, 0.3) is 0 Å². The van der Waals surface area contributed by atoms with Crippen LogP contribution in [0.5, 0.6) is 0 Å². The van der Waals surface area contributed by atoms with Gasteiger partial charge in [0.05, 0.1) is 10.5 Å². The molecule has 1 nitrogen and oxygen atoms in total. The molecule has 0 aliphatic rings. The second kappa shape index (κ2) is 5.39. The lowest BCUT2D eigenvalue weighted by Gasteiger charge is -2.19. The maximum absolute atomic E-state index is 14.1. The molecule has 0 saturated carbocycles. The van der Waals surface area contributed by atoms with Crippen molar-refractivity contribution in [3.63, 3.8) is 0 Å². The molecule has 2 N–H and O–H groups in total. The molecule has 0 aliphatic carbocycles. The molecule has 0 amide bonds. The van der Waals surface area contributed by atoms with Gasteiger partial charge in [-0.3, -0.25) is 0 Å². The van der Waals surface area contributed by atoms with Crippen LogP contribution in [-0.4, -0.2) is 0 Å². The van der Waals surface area contributed by atoms with Crippen molar-refractivity contribution in [3.05, 3.63) is 68.7 Å². The van der Waals surface area contributed by atoms with E-state index in [0.29, 0.717) is 10.0 Å². The molecular formula is C15H14BrF2N. The summed E-state index contributed by atoms with van der Waals surface area (Å²) in [5.74, 6) is -0.682. The summed E-state index contributed by atoms with van der Waals surface area (Å²) in [6.07, 6.45) is 0. The molecular weight excluding hydrogens is 312 g/mol. The van der Waals surface area contributed by atoms with Gasteiger partial charge in [0, 0.05) is 5.56 Å². The molecule has 0 radical (unpaired) electrons. The van der Waals surface area contributed by atoms with E-state index in [0.717, 1.165) is 16.7 Å². The summed E-state index contributed by atoms with van der Waals surface area (Å²) < 4.78 is 27.7. The minimum atomic E-state index is -0.613. The Bertz CT molecular complexity index is 603. The number of halogens is 3. The van der Waals surface area contributed by atoms with Crippen molar-refractivity contribution in [1.82, 2.24) is 0 Å². The van der Waals surface area contributed by atoms with Gasteiger partial charge in [-0.05, 0) is 64.7 Å². The van der Waals surface area contributed by atoms with Crippen molar-refractivity contribution in [3.8, 4) is 0 Å². The smallest absolute Gasteiger partial charge is 0.142 e. The molecule has 0 saturated heterocycles. The molecule has 2 aromatic rings. The molecule has 0 aliphatic heterocycles. The first-order valence-corrected chi connectivity index (χ1v) is 6.67. The van der Waals surface area contributed by atoms with Gasteiger partial charge < -0.3 is 5.73 Å². The fraction of sp³-hybridized carbons (Fsp3) is 0.200. The minimum absolute atomic E-state index is 0.305. The molecule has 19 heavy (non-hydrogen) atoms. The maximum Gasteiger partial charge on any atom is 0.142 e. The van der Waals surface area contributed by atoms with Crippen LogP contribution in [-0.2, 0) is 0 Å². The predicted molar refractivity (Wildman–Crippen MR) is 76.0 cm³/mol. The van der Waals surface area contributed by atoms with E-state index in [1.807, 2.05) is 0 Å². The van der Waals surface area contributed by atoms with E-state index in [4.69, 9.17) is 5.73 Å². The number of nitrogens with two attached hydrogens (primary N) is 1. The highest BCUT2D eigenvalue weighted by atomic mass is 79.9. The molecule has 0 fully saturated rings. The van der Waals surface area contributed by atoms with Crippen molar-refractivity contribution >= 4 is 15.9 Å². The topological polar surface area (TPSA) is 26.0 Å². The Morgan fingerprint density at radius 3 is 2.26 bits per heavy atom. The number of hydrogen-bond donors (Lipinski definition) is 1. The Kier molecular flexibility index (Phi) is 4.02. The quantitative estimate of drug-likeness (QED) is 0.870. The zero-order chi connectivity index (χ0) is 14.2. The second-order valence-electron chi connectivity index (χ2n) is 4.57. The Hall–Kier alpha value is -1.26. The maximum atomic E-state index is 14.1. The van der Waals surface area contributed by atoms with E-state index in [9.17, 15) is 8.78 Å². The standard InChI is InChI=1S/C15H14BrF2N/c1-8-6-10(17)7-9(2)13(8)15(19)11-4-3-5-12(16)14(11)18/h3-7,15H,19H2,1-2H3. The molecule has 0 spiro atoms. The summed E-state index contributed by atoms with van der Waals surface area (Å²) in [6.45, 7) is 3.56. The first-order valence-electron chi connectivity index (χ1n) is 5.88. The molecule has 1 unspecified atom stereocenters. The lowest BCUT2D eigenvalue weighted by molar-refractivity contribution is 0.591. The third-order valence-corrected chi connectivity index (χ3v) is 3.80. The van der Waals surface area contributed by atoms with Crippen LogP contribution in [0.1, 0.15) is 28.3 Å². The summed E-state index contributed by atoms with van der Waals surface area (Å²) >= 11 is 3.14. The van der Waals surface area contributed by atoms with Crippen molar-refractivity contribution in [1.29, 1.82) is 0 Å². The van der Waals surface area contributed by atoms with Crippen molar-refractivity contribution < 1.29 is 8.78 Å². The zero-order valence-electron chi connectivity index (χ0n) is 10.7. The number of aryl methyl sites for hydroxylation is 2. The third kappa shape index (κ3) is 2.69. The Morgan fingerprint density at radius 1 is 1.11 bits per heavy atom. The van der Waals surface area contributed by atoms with Gasteiger partial charge in [0.1, 0.15) is 11.6 Å². The van der Waals surface area contributed by atoms with Gasteiger partial charge in [-0.2, -0.15) is 0 Å². The molecule has 0 bridgehead atoms. The van der Waals surface area contributed by atoms with Gasteiger partial charge in [-0.25, -0.2) is 8.78 Å². The summed E-state index contributed by atoms with van der Waals surface area (Å²) in [4.78, 5) is 0. The molecule has 0 aromatic heterocycles. The zero-order valence-corrected chi connectivity index (χ0v) is 12.3. The second-order valence-corrected chi connectivity index (χ2v) is 5.43. The van der Waals surface area contributed by atoms with Crippen LogP contribution in [0.4, 0.5) is 8.78 Å². The van der Waals surface area contributed by atoms with E-state index in [1.54, 1.807) is 32.0 Å². The van der Waals surface area contributed by atoms with Gasteiger partial charge in [-0.15, -0.1) is 0 Å². The lowest BCUT2D eigenvalue weighted by atomic mass is 9.91. The van der Waals surface area contributed by atoms with Crippen molar-refractivity contribution in [2.75, 3.05) is 0 Å². The molecule has 2 rings (SSSR count). The molecule has 2 aromatic carbocycles. The van der Waals surface area contributed by atoms with Crippen molar-refractivity contribution in [2.45, 2.75) is 19.9 Å². The van der Waals surface area contributed by atoms with Crippen molar-refractivity contribution in [2.24, 2.45) is 5.73 Å². The average Bonchev–Trinajstić information content (AvgIpc) is 2.31. The van der Waals surface area contributed by atoms with Crippen LogP contribution in [0.3, 0.4) is 0 Å². The number of hydrogen-bond acceptors (Lipinski definition) is 1. The summed E-state index contributed by atoms with van der Waals surface area (Å²) in [5.41, 5.74) is 8.76. The SMILES string of the molecule is Cc1cc(F)cc(C)c1C(N)c1cccc(Br)c1F. The molecule has 0 heterocycles. The normalized spacial score (nSPS) is 12.5. The van der Waals surface area contributed by atoms with Gasteiger partial charge >= 0.3 is 0 Å². The monoisotopic (exact) mass is 325 g/mol. The lowest BCUT2D eigenvalue weighted by Crippen LogP contribution is -2.16. The van der Waals surface area contributed by atoms with Crippen LogP contribution in [0.25, 0.3) is 0 Å². The first-order chi connectivity index (χ1) is 8.91. The highest BCUT2D eigenvalue weighted by Gasteiger charge is 2.19. The first kappa shape index (κ1) is 14.2. The largest absolute Gasteiger partial charge is 0.320 e. The number of benzene rings is 2. The van der Waals surface area contributed by atoms with E-state index in [2.05, 4.69) is 15.9 Å². The summed E-state index contributed by atoms with van der Waals surface area (Å²) in [6, 6.07) is 7.22. The third-order valence-electron chi connectivity index (χ3n) is 3.19. The Labute approximate surface area is 119 Å². The van der Waals surface area contributed by atoms with E-state index in [-0.39, 0.29) is 11.6 Å². The van der Waals surface area contributed by atoms with E-state index in [1.165, 1.54) is 12.1 Å². The molecule has 100 valence electrons. The number of rotatable bonds is 2. The fourth-order valence-corrected chi connectivity index (χ4v) is 2.71. The van der Waals surface area contributed by atoms with E-state index >= 15 is 0 Å². The average molecular weight is 326 g/mol. The highest BCUT2D eigenvalue weighted by Crippen LogP contribution is 2.30. The van der Waals surface area contributed by atoms with Gasteiger partial charge in [0.2, 0.25) is 0 Å². The van der Waals surface area contributed by atoms with Crippen LogP contribution >= 0.6 is 15.9 Å². The summed E-state index contributed by atoms with van der Waals surface area (Å²) in [5, 5.41) is 0.